The minimum Gasteiger partial charge on any atom is -0.264 e. The molecule has 0 aliphatic rings. The van der Waals surface area contributed by atoms with Gasteiger partial charge in [0.05, 0.1) is 0 Å². The molecule has 0 unspecified atom stereocenters. The maximum absolute atomic E-state index is 4.19. The van der Waals surface area contributed by atoms with Crippen molar-refractivity contribution in [1.29, 1.82) is 0 Å². The predicted molar refractivity (Wildman–Crippen MR) is 45.3 cm³/mol. The van der Waals surface area contributed by atoms with E-state index in [0.29, 0.717) is 0 Å². The summed E-state index contributed by atoms with van der Waals surface area (Å²) < 4.78 is 0. The second-order valence-electron chi connectivity index (χ2n) is 2.54. The Bertz CT molecular complexity index is 379. The van der Waals surface area contributed by atoms with Crippen LogP contribution in [0.25, 0.3) is 10.8 Å². The number of aryl methyl sites for hydroxylation is 1. The standard InChI is InChI=1S/C10H8N.Y/c1-8-10-5-3-2-4-9(10)6-7-11-8;/h3-7H,1H3;/q-1;. The van der Waals surface area contributed by atoms with E-state index in [9.17, 15) is 0 Å². The Morgan fingerprint density at radius 2 is 2.17 bits per heavy atom. The largest absolute Gasteiger partial charge is 0.264 e. The third-order valence-electron chi connectivity index (χ3n) is 1.81. The average Bonchev–Trinajstić information content (AvgIpc) is 2.06. The Morgan fingerprint density at radius 1 is 1.33 bits per heavy atom. The van der Waals surface area contributed by atoms with Crippen LogP contribution in [0.1, 0.15) is 5.69 Å². The van der Waals surface area contributed by atoms with Gasteiger partial charge in [-0.1, -0.05) is 6.07 Å². The molecule has 12 heavy (non-hydrogen) atoms. The van der Waals surface area contributed by atoms with Crippen LogP contribution in [0.2, 0.25) is 0 Å². The van der Waals surface area contributed by atoms with E-state index in [4.69, 9.17) is 0 Å². The maximum atomic E-state index is 4.19. The van der Waals surface area contributed by atoms with Gasteiger partial charge in [-0.2, -0.15) is 24.3 Å². The second-order valence-corrected chi connectivity index (χ2v) is 2.54. The summed E-state index contributed by atoms with van der Waals surface area (Å²) in [5, 5.41) is 2.42. The van der Waals surface area contributed by atoms with Gasteiger partial charge in [-0.05, 0) is 6.92 Å². The molecule has 1 aromatic carbocycles. The Morgan fingerprint density at radius 3 is 2.92 bits per heavy atom. The molecule has 0 atom stereocenters. The van der Waals surface area contributed by atoms with Crippen LogP contribution >= 0.6 is 0 Å². The average molecular weight is 231 g/mol. The van der Waals surface area contributed by atoms with Crippen molar-refractivity contribution in [1.82, 2.24) is 4.98 Å². The van der Waals surface area contributed by atoms with Gasteiger partial charge in [0.1, 0.15) is 0 Å². The zero-order valence-electron chi connectivity index (χ0n) is 6.91. The third-order valence-corrected chi connectivity index (χ3v) is 1.81. The molecule has 0 bridgehead atoms. The molecule has 0 fully saturated rings. The number of hydrogen-bond acceptors (Lipinski definition) is 1. The van der Waals surface area contributed by atoms with Crippen LogP contribution in [0.15, 0.2) is 30.5 Å². The summed E-state index contributed by atoms with van der Waals surface area (Å²) in [4.78, 5) is 4.19. The van der Waals surface area contributed by atoms with Gasteiger partial charge in [-0.25, -0.2) is 0 Å². The van der Waals surface area contributed by atoms with E-state index in [1.807, 2.05) is 37.4 Å². The van der Waals surface area contributed by atoms with Gasteiger partial charge in [0.25, 0.3) is 0 Å². The summed E-state index contributed by atoms with van der Waals surface area (Å²) in [6, 6.07) is 11.0. The predicted octanol–water partition coefficient (Wildman–Crippen LogP) is 2.34. The van der Waals surface area contributed by atoms with E-state index < -0.39 is 0 Å². The zero-order valence-corrected chi connectivity index (χ0v) is 9.75. The first-order valence-corrected chi connectivity index (χ1v) is 3.59. The van der Waals surface area contributed by atoms with Gasteiger partial charge in [-0.15, -0.1) is 10.8 Å². The fourth-order valence-electron chi connectivity index (χ4n) is 1.21. The van der Waals surface area contributed by atoms with Gasteiger partial charge < -0.3 is 0 Å². The summed E-state index contributed by atoms with van der Waals surface area (Å²) in [5.74, 6) is 0. The van der Waals surface area contributed by atoms with Crippen molar-refractivity contribution in [2.45, 2.75) is 6.92 Å². The van der Waals surface area contributed by atoms with Crippen LogP contribution in [0.5, 0.6) is 0 Å². The normalized spacial score (nSPS) is 9.42. The van der Waals surface area contributed by atoms with E-state index in [2.05, 4.69) is 11.1 Å². The van der Waals surface area contributed by atoms with Crippen LogP contribution in [0.4, 0.5) is 0 Å². The Balaban J connectivity index is 0.000000720. The van der Waals surface area contributed by atoms with Crippen molar-refractivity contribution in [3.05, 3.63) is 42.2 Å². The molecule has 1 heterocycles. The number of hydrogen-bond donors (Lipinski definition) is 0. The van der Waals surface area contributed by atoms with Crippen molar-refractivity contribution in [3.8, 4) is 0 Å². The van der Waals surface area contributed by atoms with Gasteiger partial charge >= 0.3 is 0 Å². The summed E-state index contributed by atoms with van der Waals surface area (Å²) >= 11 is 0. The number of pyridine rings is 1. The van der Waals surface area contributed by atoms with Crippen molar-refractivity contribution >= 4 is 10.8 Å². The van der Waals surface area contributed by atoms with E-state index in [-0.39, 0.29) is 32.7 Å². The fourth-order valence-corrected chi connectivity index (χ4v) is 1.21. The first kappa shape index (κ1) is 9.82. The Kier molecular flexibility index (Phi) is 3.36. The molecule has 57 valence electrons. The number of benzene rings is 1. The van der Waals surface area contributed by atoms with Gasteiger partial charge in [0.15, 0.2) is 0 Å². The summed E-state index contributed by atoms with van der Waals surface area (Å²) in [6.07, 6.45) is 1.82. The van der Waals surface area contributed by atoms with Crippen LogP contribution < -0.4 is 0 Å². The molecule has 0 aliphatic carbocycles. The minimum atomic E-state index is 0. The minimum absolute atomic E-state index is 0. The summed E-state index contributed by atoms with van der Waals surface area (Å²) in [7, 11) is 0. The second kappa shape index (κ2) is 4.11. The molecule has 0 saturated heterocycles. The molecule has 0 N–H and O–H groups in total. The molecular formula is C10H8NY-. The van der Waals surface area contributed by atoms with Crippen molar-refractivity contribution in [2.75, 3.05) is 0 Å². The SMILES string of the molecule is Cc1nccc2c[c-]ccc12.[Y]. The molecule has 2 heteroatoms. The topological polar surface area (TPSA) is 12.9 Å². The first-order chi connectivity index (χ1) is 5.38. The van der Waals surface area contributed by atoms with Gasteiger partial charge in [0, 0.05) is 44.6 Å². The Labute approximate surface area is 97.1 Å². The molecule has 2 aromatic rings. The molecule has 2 rings (SSSR count). The molecule has 0 spiro atoms. The number of rotatable bonds is 0. The van der Waals surface area contributed by atoms with Crippen molar-refractivity contribution in [3.63, 3.8) is 0 Å². The molecule has 0 aliphatic heterocycles. The Hall–Kier alpha value is -0.266. The van der Waals surface area contributed by atoms with E-state index >= 15 is 0 Å². The quantitative estimate of drug-likeness (QED) is 0.634. The molecule has 0 amide bonds. The monoisotopic (exact) mass is 231 g/mol. The summed E-state index contributed by atoms with van der Waals surface area (Å²) in [6.45, 7) is 2.02. The molecular weight excluding hydrogens is 223 g/mol. The zero-order chi connectivity index (χ0) is 7.68. The fraction of sp³-hybridized carbons (Fsp3) is 0.100. The molecule has 1 nitrogen and oxygen atoms in total. The number of nitrogens with zero attached hydrogens (tertiary/aromatic N) is 1. The van der Waals surface area contributed by atoms with Crippen LogP contribution in [-0.2, 0) is 32.7 Å². The van der Waals surface area contributed by atoms with Gasteiger partial charge in [0.2, 0.25) is 0 Å². The molecule has 0 saturated carbocycles. The molecule has 1 aromatic heterocycles. The first-order valence-electron chi connectivity index (χ1n) is 3.59. The van der Waals surface area contributed by atoms with E-state index in [0.717, 1.165) is 5.69 Å². The van der Waals surface area contributed by atoms with E-state index in [1.54, 1.807) is 0 Å². The molecule has 1 radical (unpaired) electrons. The summed E-state index contributed by atoms with van der Waals surface area (Å²) in [5.41, 5.74) is 1.08. The number of fused-ring (bicyclic) bond motifs is 1. The van der Waals surface area contributed by atoms with Gasteiger partial charge in [-0.3, -0.25) is 4.98 Å². The number of aromatic nitrogens is 1. The van der Waals surface area contributed by atoms with Crippen LogP contribution in [0, 0.1) is 13.0 Å². The van der Waals surface area contributed by atoms with Crippen molar-refractivity contribution < 1.29 is 32.7 Å². The van der Waals surface area contributed by atoms with Crippen LogP contribution in [-0.4, -0.2) is 4.98 Å². The van der Waals surface area contributed by atoms with Crippen molar-refractivity contribution in [2.24, 2.45) is 0 Å². The maximum Gasteiger partial charge on any atom is 0.0209 e. The smallest absolute Gasteiger partial charge is 0.0209 e. The van der Waals surface area contributed by atoms with E-state index in [1.165, 1.54) is 10.8 Å². The third kappa shape index (κ3) is 1.73. The van der Waals surface area contributed by atoms with Crippen LogP contribution in [0.3, 0.4) is 0 Å².